The van der Waals surface area contributed by atoms with Crippen molar-refractivity contribution in [1.82, 2.24) is 15.1 Å². The molecule has 0 aliphatic heterocycles. The first-order valence-electron chi connectivity index (χ1n) is 5.96. The maximum Gasteiger partial charge on any atom is 0.212 e. The minimum Gasteiger partial charge on any atom is -0.470 e. The highest BCUT2D eigenvalue weighted by molar-refractivity contribution is 5.20. The molecule has 98 valence electrons. The van der Waals surface area contributed by atoms with Crippen LogP contribution in [0.3, 0.4) is 0 Å². The summed E-state index contributed by atoms with van der Waals surface area (Å²) in [5, 5.41) is 7.30. The zero-order valence-corrected chi connectivity index (χ0v) is 11.3. The van der Waals surface area contributed by atoms with Gasteiger partial charge in [0.15, 0.2) is 0 Å². The smallest absolute Gasteiger partial charge is 0.212 e. The summed E-state index contributed by atoms with van der Waals surface area (Å²) in [5.74, 6) is 2.53. The average Bonchev–Trinajstić information content (AvgIpc) is 2.81. The Morgan fingerprint density at radius 1 is 1.39 bits per heavy atom. The van der Waals surface area contributed by atoms with Gasteiger partial charge in [-0.15, -0.1) is 0 Å². The number of nitrogens with one attached hydrogen (secondary N) is 1. The van der Waals surface area contributed by atoms with Gasteiger partial charge in [-0.25, -0.2) is 4.68 Å². The van der Waals surface area contributed by atoms with Crippen LogP contribution in [-0.2, 0) is 20.2 Å². The summed E-state index contributed by atoms with van der Waals surface area (Å²) in [7, 11) is 3.76. The fourth-order valence-electron chi connectivity index (χ4n) is 1.86. The van der Waals surface area contributed by atoms with E-state index in [0.29, 0.717) is 6.61 Å². The van der Waals surface area contributed by atoms with Crippen LogP contribution in [0.5, 0.6) is 5.88 Å². The van der Waals surface area contributed by atoms with E-state index in [1.54, 1.807) is 4.68 Å². The molecule has 0 aromatic carbocycles. The van der Waals surface area contributed by atoms with Gasteiger partial charge in [0.1, 0.15) is 18.1 Å². The first-order valence-corrected chi connectivity index (χ1v) is 5.96. The third-order valence-electron chi connectivity index (χ3n) is 2.73. The number of ether oxygens (including phenoxy) is 1. The molecule has 0 aliphatic carbocycles. The van der Waals surface area contributed by atoms with Gasteiger partial charge in [-0.1, -0.05) is 0 Å². The molecule has 1 N–H and O–H groups in total. The topological polar surface area (TPSA) is 52.2 Å². The van der Waals surface area contributed by atoms with Crippen LogP contribution >= 0.6 is 0 Å². The molecule has 0 aliphatic rings. The van der Waals surface area contributed by atoms with Crippen LogP contribution < -0.4 is 10.1 Å². The third kappa shape index (κ3) is 2.73. The summed E-state index contributed by atoms with van der Waals surface area (Å²) >= 11 is 0. The lowest BCUT2D eigenvalue weighted by Crippen LogP contribution is -2.04. The monoisotopic (exact) mass is 249 g/mol. The van der Waals surface area contributed by atoms with E-state index in [0.717, 1.165) is 35.2 Å². The number of hydrogen-bond donors (Lipinski definition) is 1. The maximum absolute atomic E-state index is 5.71. The molecule has 0 saturated heterocycles. The Hall–Kier alpha value is -1.75. The summed E-state index contributed by atoms with van der Waals surface area (Å²) in [6.45, 7) is 5.13. The molecule has 2 rings (SSSR count). The van der Waals surface area contributed by atoms with Crippen molar-refractivity contribution < 1.29 is 9.15 Å². The molecule has 0 radical (unpaired) electrons. The first kappa shape index (κ1) is 12.7. The average molecular weight is 249 g/mol. The highest BCUT2D eigenvalue weighted by atomic mass is 16.5. The van der Waals surface area contributed by atoms with Gasteiger partial charge in [0, 0.05) is 13.1 Å². The standard InChI is InChI=1S/C13H19N3O2/c1-9-5-11(18-12(9)7-14-3)8-17-13-6-10(2)15-16(13)4/h5-6,14H,7-8H2,1-4H3. The second-order valence-corrected chi connectivity index (χ2v) is 4.39. The van der Waals surface area contributed by atoms with Gasteiger partial charge >= 0.3 is 0 Å². The van der Waals surface area contributed by atoms with Crippen molar-refractivity contribution >= 4 is 0 Å². The highest BCUT2D eigenvalue weighted by Crippen LogP contribution is 2.18. The first-order chi connectivity index (χ1) is 8.60. The van der Waals surface area contributed by atoms with E-state index in [-0.39, 0.29) is 0 Å². The molecule has 0 fully saturated rings. The van der Waals surface area contributed by atoms with E-state index in [2.05, 4.69) is 10.4 Å². The molecule has 0 atom stereocenters. The van der Waals surface area contributed by atoms with Crippen molar-refractivity contribution in [2.45, 2.75) is 27.0 Å². The van der Waals surface area contributed by atoms with E-state index in [4.69, 9.17) is 9.15 Å². The van der Waals surface area contributed by atoms with E-state index < -0.39 is 0 Å². The van der Waals surface area contributed by atoms with Gasteiger partial charge < -0.3 is 14.5 Å². The van der Waals surface area contributed by atoms with Crippen molar-refractivity contribution in [2.75, 3.05) is 7.05 Å². The Bertz CT molecular complexity index is 528. The van der Waals surface area contributed by atoms with Gasteiger partial charge in [0.25, 0.3) is 0 Å². The molecule has 0 unspecified atom stereocenters. The fraction of sp³-hybridized carbons (Fsp3) is 0.462. The van der Waals surface area contributed by atoms with Crippen LogP contribution in [0.4, 0.5) is 0 Å². The van der Waals surface area contributed by atoms with Crippen LogP contribution in [-0.4, -0.2) is 16.8 Å². The Labute approximate surface area is 107 Å². The molecule has 5 nitrogen and oxygen atoms in total. The SMILES string of the molecule is CNCc1oc(COc2cc(C)nn2C)cc1C. The molecule has 0 amide bonds. The predicted octanol–water partition coefficient (Wildman–Crippen LogP) is 1.93. The Kier molecular flexibility index (Phi) is 3.72. The van der Waals surface area contributed by atoms with Crippen LogP contribution in [0.2, 0.25) is 0 Å². The lowest BCUT2D eigenvalue weighted by molar-refractivity contribution is 0.245. The maximum atomic E-state index is 5.71. The number of aromatic nitrogens is 2. The van der Waals surface area contributed by atoms with Crippen molar-refractivity contribution in [3.05, 3.63) is 34.9 Å². The number of nitrogens with zero attached hydrogens (tertiary/aromatic N) is 2. The highest BCUT2D eigenvalue weighted by Gasteiger charge is 2.09. The largest absolute Gasteiger partial charge is 0.470 e. The van der Waals surface area contributed by atoms with Crippen LogP contribution in [0.1, 0.15) is 22.8 Å². The molecular formula is C13H19N3O2. The molecular weight excluding hydrogens is 230 g/mol. The van der Waals surface area contributed by atoms with Crippen LogP contribution in [0.15, 0.2) is 16.5 Å². The van der Waals surface area contributed by atoms with Gasteiger partial charge in [0.05, 0.1) is 12.2 Å². The van der Waals surface area contributed by atoms with E-state index >= 15 is 0 Å². The molecule has 0 bridgehead atoms. The van der Waals surface area contributed by atoms with Crippen molar-refractivity contribution in [1.29, 1.82) is 0 Å². The van der Waals surface area contributed by atoms with Gasteiger partial charge in [-0.05, 0) is 32.5 Å². The molecule has 0 saturated carbocycles. The van der Waals surface area contributed by atoms with Crippen LogP contribution in [0.25, 0.3) is 0 Å². The van der Waals surface area contributed by atoms with Gasteiger partial charge in [-0.2, -0.15) is 5.10 Å². The quantitative estimate of drug-likeness (QED) is 0.879. The number of hydrogen-bond acceptors (Lipinski definition) is 4. The normalized spacial score (nSPS) is 10.9. The predicted molar refractivity (Wildman–Crippen MR) is 68.5 cm³/mol. The van der Waals surface area contributed by atoms with Gasteiger partial charge in [0.2, 0.25) is 5.88 Å². The Morgan fingerprint density at radius 3 is 2.78 bits per heavy atom. The second-order valence-electron chi connectivity index (χ2n) is 4.39. The molecule has 2 aromatic heterocycles. The third-order valence-corrected chi connectivity index (χ3v) is 2.73. The van der Waals surface area contributed by atoms with E-state index in [9.17, 15) is 0 Å². The van der Waals surface area contributed by atoms with E-state index in [1.165, 1.54) is 0 Å². The lowest BCUT2D eigenvalue weighted by Gasteiger charge is -2.03. The fourth-order valence-corrected chi connectivity index (χ4v) is 1.86. The van der Waals surface area contributed by atoms with Crippen molar-refractivity contribution in [3.63, 3.8) is 0 Å². The van der Waals surface area contributed by atoms with Crippen molar-refractivity contribution in [2.24, 2.45) is 7.05 Å². The second kappa shape index (κ2) is 5.27. The molecule has 2 heterocycles. The molecule has 18 heavy (non-hydrogen) atoms. The molecule has 0 spiro atoms. The van der Waals surface area contributed by atoms with E-state index in [1.807, 2.05) is 40.1 Å². The zero-order valence-electron chi connectivity index (χ0n) is 11.3. The lowest BCUT2D eigenvalue weighted by atomic mass is 10.2. The molecule has 2 aromatic rings. The number of rotatable bonds is 5. The number of aryl methyl sites for hydroxylation is 3. The summed E-state index contributed by atoms with van der Waals surface area (Å²) in [6, 6.07) is 3.92. The van der Waals surface area contributed by atoms with Crippen molar-refractivity contribution in [3.8, 4) is 5.88 Å². The summed E-state index contributed by atoms with van der Waals surface area (Å²) in [5.41, 5.74) is 2.09. The Morgan fingerprint density at radius 2 is 2.17 bits per heavy atom. The van der Waals surface area contributed by atoms with Gasteiger partial charge in [-0.3, -0.25) is 0 Å². The minimum atomic E-state index is 0.420. The zero-order chi connectivity index (χ0) is 13.1. The summed E-state index contributed by atoms with van der Waals surface area (Å²) < 4.78 is 13.1. The molecule has 5 heteroatoms. The van der Waals surface area contributed by atoms with Crippen LogP contribution in [0, 0.1) is 13.8 Å². The number of furan rings is 1. The Balaban J connectivity index is 2.02. The minimum absolute atomic E-state index is 0.420. The summed E-state index contributed by atoms with van der Waals surface area (Å²) in [4.78, 5) is 0. The summed E-state index contributed by atoms with van der Waals surface area (Å²) in [6.07, 6.45) is 0.